The first-order chi connectivity index (χ1) is 9.63. The zero-order valence-corrected chi connectivity index (χ0v) is 12.8. The Bertz CT molecular complexity index is 673. The van der Waals surface area contributed by atoms with E-state index in [0.717, 1.165) is 20.9 Å². The quantitative estimate of drug-likeness (QED) is 0.918. The fraction of sp³-hybridized carbons (Fsp3) is 0.333. The molecule has 2 aromatic rings. The van der Waals surface area contributed by atoms with E-state index < -0.39 is 0 Å². The van der Waals surface area contributed by atoms with Gasteiger partial charge in [-0.15, -0.1) is 0 Å². The Kier molecular flexibility index (Phi) is 3.48. The molecule has 4 nitrogen and oxygen atoms in total. The Labute approximate surface area is 126 Å². The molecule has 1 aliphatic rings. The number of carbonyl (C=O) groups excluding carboxylic acids is 1. The molecule has 2 N–H and O–H groups in total. The fourth-order valence-electron chi connectivity index (χ4n) is 2.99. The maximum Gasteiger partial charge on any atom is 0.224 e. The zero-order chi connectivity index (χ0) is 14.3. The monoisotopic (exact) mass is 333 g/mol. The number of hydrogen-bond donors (Lipinski definition) is 1. The third kappa shape index (κ3) is 2.01. The molecule has 2 unspecified atom stereocenters. The van der Waals surface area contributed by atoms with Gasteiger partial charge in [0.1, 0.15) is 0 Å². The summed E-state index contributed by atoms with van der Waals surface area (Å²) in [7, 11) is 0. The lowest BCUT2D eigenvalue weighted by atomic mass is 9.98. The number of nitrogens with zero attached hydrogens (tertiary/aromatic N) is 2. The molecular weight excluding hydrogens is 318 g/mol. The van der Waals surface area contributed by atoms with Gasteiger partial charge in [0.15, 0.2) is 0 Å². The standard InChI is InChI=1S/C15H16BrN3O/c1-2-19-13(20)8-12(17)15(19)10-5-6-11(16)9-4-3-7-18-14(9)10/h3-7,12,15H,2,8,17H2,1H3. The average Bonchev–Trinajstić information content (AvgIpc) is 2.73. The van der Waals surface area contributed by atoms with Crippen molar-refractivity contribution in [3.05, 3.63) is 40.5 Å². The molecule has 0 spiro atoms. The molecule has 0 saturated carbocycles. The largest absolute Gasteiger partial charge is 0.334 e. The van der Waals surface area contributed by atoms with Crippen LogP contribution in [0.1, 0.15) is 24.9 Å². The summed E-state index contributed by atoms with van der Waals surface area (Å²) in [4.78, 5) is 18.4. The van der Waals surface area contributed by atoms with Crippen LogP contribution in [0.5, 0.6) is 0 Å². The van der Waals surface area contributed by atoms with Crippen LogP contribution in [0.15, 0.2) is 34.9 Å². The Morgan fingerprint density at radius 1 is 1.45 bits per heavy atom. The highest BCUT2D eigenvalue weighted by molar-refractivity contribution is 9.10. The molecule has 5 heteroatoms. The maximum atomic E-state index is 12.0. The second kappa shape index (κ2) is 5.14. The number of benzene rings is 1. The van der Waals surface area contributed by atoms with Crippen LogP contribution in [0, 0.1) is 0 Å². The van der Waals surface area contributed by atoms with Crippen LogP contribution >= 0.6 is 15.9 Å². The van der Waals surface area contributed by atoms with Crippen LogP contribution in [-0.4, -0.2) is 28.4 Å². The summed E-state index contributed by atoms with van der Waals surface area (Å²) in [6, 6.07) is 7.70. The van der Waals surface area contributed by atoms with Crippen LogP contribution in [-0.2, 0) is 4.79 Å². The number of likely N-dealkylation sites (tertiary alicyclic amines) is 1. The molecule has 104 valence electrons. The molecule has 2 atom stereocenters. The molecule has 0 aliphatic carbocycles. The van der Waals surface area contributed by atoms with Gasteiger partial charge in [-0.1, -0.05) is 28.1 Å². The summed E-state index contributed by atoms with van der Waals surface area (Å²) in [6.07, 6.45) is 2.18. The van der Waals surface area contributed by atoms with Crippen molar-refractivity contribution >= 4 is 32.7 Å². The van der Waals surface area contributed by atoms with E-state index in [0.29, 0.717) is 13.0 Å². The Morgan fingerprint density at radius 3 is 3.00 bits per heavy atom. The van der Waals surface area contributed by atoms with E-state index in [1.54, 1.807) is 6.20 Å². The third-order valence-electron chi connectivity index (χ3n) is 3.88. The van der Waals surface area contributed by atoms with Gasteiger partial charge >= 0.3 is 0 Å². The molecule has 20 heavy (non-hydrogen) atoms. The lowest BCUT2D eigenvalue weighted by Gasteiger charge is -2.27. The summed E-state index contributed by atoms with van der Waals surface area (Å²) in [5, 5.41) is 1.05. The molecule has 1 aliphatic heterocycles. The molecule has 1 saturated heterocycles. The molecule has 1 aromatic carbocycles. The number of hydrogen-bond acceptors (Lipinski definition) is 3. The zero-order valence-electron chi connectivity index (χ0n) is 11.2. The summed E-state index contributed by atoms with van der Waals surface area (Å²) < 4.78 is 1.00. The van der Waals surface area contributed by atoms with E-state index >= 15 is 0 Å². The minimum absolute atomic E-state index is 0.0852. The molecule has 0 bridgehead atoms. The van der Waals surface area contributed by atoms with Crippen LogP contribution in [0.4, 0.5) is 0 Å². The Balaban J connectivity index is 2.19. The highest BCUT2D eigenvalue weighted by atomic mass is 79.9. The number of pyridine rings is 1. The minimum atomic E-state index is -0.172. The molecule has 1 amide bonds. The van der Waals surface area contributed by atoms with Crippen molar-refractivity contribution < 1.29 is 4.79 Å². The molecule has 1 aromatic heterocycles. The van der Waals surface area contributed by atoms with Crippen molar-refractivity contribution in [3.8, 4) is 0 Å². The van der Waals surface area contributed by atoms with Crippen molar-refractivity contribution in [1.82, 2.24) is 9.88 Å². The summed E-state index contributed by atoms with van der Waals surface area (Å²) in [5.41, 5.74) is 8.14. The summed E-state index contributed by atoms with van der Waals surface area (Å²) >= 11 is 3.55. The van der Waals surface area contributed by atoms with E-state index in [-0.39, 0.29) is 18.0 Å². The highest BCUT2D eigenvalue weighted by Gasteiger charge is 2.38. The third-order valence-corrected chi connectivity index (χ3v) is 4.57. The topological polar surface area (TPSA) is 59.2 Å². The predicted molar refractivity (Wildman–Crippen MR) is 82.2 cm³/mol. The van der Waals surface area contributed by atoms with Gasteiger partial charge < -0.3 is 10.6 Å². The van der Waals surface area contributed by atoms with Crippen LogP contribution in [0.3, 0.4) is 0 Å². The number of carbonyl (C=O) groups is 1. The lowest BCUT2D eigenvalue weighted by molar-refractivity contribution is -0.128. The maximum absolute atomic E-state index is 12.0. The van der Waals surface area contributed by atoms with E-state index in [1.807, 2.05) is 36.1 Å². The van der Waals surface area contributed by atoms with Crippen LogP contribution in [0.25, 0.3) is 10.9 Å². The molecule has 2 heterocycles. The van der Waals surface area contributed by atoms with E-state index in [2.05, 4.69) is 20.9 Å². The van der Waals surface area contributed by atoms with Crippen LogP contribution in [0.2, 0.25) is 0 Å². The normalized spacial score (nSPS) is 22.8. The van der Waals surface area contributed by atoms with Crippen molar-refractivity contribution in [2.75, 3.05) is 6.54 Å². The molecular formula is C15H16BrN3O. The van der Waals surface area contributed by atoms with Crippen molar-refractivity contribution in [3.63, 3.8) is 0 Å². The van der Waals surface area contributed by atoms with Gasteiger partial charge in [0.05, 0.1) is 11.6 Å². The number of amides is 1. The fourth-order valence-corrected chi connectivity index (χ4v) is 3.44. The predicted octanol–water partition coefficient (Wildman–Crippen LogP) is 2.62. The second-order valence-corrected chi connectivity index (χ2v) is 5.88. The number of nitrogens with two attached hydrogens (primary N) is 1. The smallest absolute Gasteiger partial charge is 0.224 e. The van der Waals surface area contributed by atoms with Crippen molar-refractivity contribution in [2.45, 2.75) is 25.4 Å². The van der Waals surface area contributed by atoms with Gasteiger partial charge in [0.2, 0.25) is 5.91 Å². The van der Waals surface area contributed by atoms with E-state index in [1.165, 1.54) is 0 Å². The summed E-state index contributed by atoms with van der Waals surface area (Å²) in [6.45, 7) is 2.65. The second-order valence-electron chi connectivity index (χ2n) is 5.03. The van der Waals surface area contributed by atoms with Crippen molar-refractivity contribution in [2.24, 2.45) is 5.73 Å². The molecule has 0 radical (unpaired) electrons. The Hall–Kier alpha value is -1.46. The number of rotatable bonds is 2. The average molecular weight is 334 g/mol. The highest BCUT2D eigenvalue weighted by Crippen LogP contribution is 2.36. The number of likely N-dealkylation sites (N-methyl/N-ethyl adjacent to an activating group) is 1. The first-order valence-electron chi connectivity index (χ1n) is 6.71. The van der Waals surface area contributed by atoms with Gasteiger partial charge in [-0.2, -0.15) is 0 Å². The van der Waals surface area contributed by atoms with Gasteiger partial charge in [-0.3, -0.25) is 9.78 Å². The Morgan fingerprint density at radius 2 is 2.25 bits per heavy atom. The van der Waals surface area contributed by atoms with Gasteiger partial charge in [-0.05, 0) is 19.1 Å². The van der Waals surface area contributed by atoms with Gasteiger partial charge in [-0.25, -0.2) is 0 Å². The van der Waals surface area contributed by atoms with E-state index in [4.69, 9.17) is 5.73 Å². The first-order valence-corrected chi connectivity index (χ1v) is 7.51. The van der Waals surface area contributed by atoms with Crippen molar-refractivity contribution in [1.29, 1.82) is 0 Å². The molecule has 3 rings (SSSR count). The van der Waals surface area contributed by atoms with Gasteiger partial charge in [0.25, 0.3) is 0 Å². The van der Waals surface area contributed by atoms with E-state index in [9.17, 15) is 4.79 Å². The summed E-state index contributed by atoms with van der Waals surface area (Å²) in [5.74, 6) is 0.122. The number of fused-ring (bicyclic) bond motifs is 1. The molecule has 1 fully saturated rings. The minimum Gasteiger partial charge on any atom is -0.334 e. The van der Waals surface area contributed by atoms with Crippen LogP contribution < -0.4 is 5.73 Å². The number of halogens is 1. The first kappa shape index (κ1) is 13.5. The van der Waals surface area contributed by atoms with Gasteiger partial charge in [0, 0.05) is 40.6 Å². The lowest BCUT2D eigenvalue weighted by Crippen LogP contribution is -2.33. The number of aromatic nitrogens is 1. The SMILES string of the molecule is CCN1C(=O)CC(N)C1c1ccc(Br)c2cccnc12.